The molecule has 0 spiro atoms. The van der Waals surface area contributed by atoms with Gasteiger partial charge >= 0.3 is 0 Å². The van der Waals surface area contributed by atoms with Gasteiger partial charge in [0, 0.05) is 22.8 Å². The molecule has 0 bridgehead atoms. The number of hydrogen-bond donors (Lipinski definition) is 1. The van der Waals surface area contributed by atoms with Crippen LogP contribution in [0.2, 0.25) is 0 Å². The van der Waals surface area contributed by atoms with Gasteiger partial charge in [-0.2, -0.15) is 5.26 Å². The molecular weight excluding hydrogens is 316 g/mol. The summed E-state index contributed by atoms with van der Waals surface area (Å²) in [4.78, 5) is 2.10. The van der Waals surface area contributed by atoms with Gasteiger partial charge in [0.15, 0.2) is 0 Å². The molecule has 0 aliphatic rings. The molecule has 102 valence electrons. The lowest BCUT2D eigenvalue weighted by Crippen LogP contribution is -2.17. The Bertz CT molecular complexity index is 677. The van der Waals surface area contributed by atoms with Gasteiger partial charge in [0.1, 0.15) is 5.75 Å². The largest absolute Gasteiger partial charge is 0.508 e. The minimum atomic E-state index is 0.244. The van der Waals surface area contributed by atoms with Crippen molar-refractivity contribution in [2.75, 3.05) is 11.4 Å². The Balaban J connectivity index is 2.53. The molecule has 0 radical (unpaired) electrons. The van der Waals surface area contributed by atoms with Crippen molar-refractivity contribution in [3.63, 3.8) is 0 Å². The van der Waals surface area contributed by atoms with Gasteiger partial charge in [0.05, 0.1) is 17.3 Å². The fourth-order valence-electron chi connectivity index (χ4n) is 2.15. The van der Waals surface area contributed by atoms with Crippen LogP contribution in [0, 0.1) is 18.3 Å². The lowest BCUT2D eigenvalue weighted by molar-refractivity contribution is 0.475. The summed E-state index contributed by atoms with van der Waals surface area (Å²) < 4.78 is 0.862. The normalized spacial score (nSPS) is 10.1. The summed E-state index contributed by atoms with van der Waals surface area (Å²) in [6.07, 6.45) is 0. The van der Waals surface area contributed by atoms with Crippen molar-refractivity contribution in [3.8, 4) is 11.8 Å². The first-order valence-corrected chi connectivity index (χ1v) is 7.13. The van der Waals surface area contributed by atoms with Crippen LogP contribution in [0.1, 0.15) is 18.1 Å². The van der Waals surface area contributed by atoms with Crippen molar-refractivity contribution in [1.82, 2.24) is 0 Å². The van der Waals surface area contributed by atoms with Crippen LogP contribution >= 0.6 is 15.9 Å². The van der Waals surface area contributed by atoms with Crippen LogP contribution in [0.15, 0.2) is 40.9 Å². The van der Waals surface area contributed by atoms with Crippen LogP contribution in [0.25, 0.3) is 0 Å². The van der Waals surface area contributed by atoms with Crippen molar-refractivity contribution in [3.05, 3.63) is 52.0 Å². The molecule has 0 aliphatic heterocycles. The monoisotopic (exact) mass is 330 g/mol. The quantitative estimate of drug-likeness (QED) is 0.901. The van der Waals surface area contributed by atoms with E-state index in [1.54, 1.807) is 24.3 Å². The number of rotatable bonds is 3. The van der Waals surface area contributed by atoms with Crippen LogP contribution in [-0.4, -0.2) is 11.7 Å². The van der Waals surface area contributed by atoms with E-state index in [-0.39, 0.29) is 5.75 Å². The molecule has 2 aromatic rings. The summed E-state index contributed by atoms with van der Waals surface area (Å²) in [5, 5.41) is 18.6. The van der Waals surface area contributed by atoms with Gasteiger partial charge in [0.25, 0.3) is 0 Å². The highest BCUT2D eigenvalue weighted by molar-refractivity contribution is 9.10. The zero-order valence-electron chi connectivity index (χ0n) is 11.4. The average molecular weight is 331 g/mol. The summed E-state index contributed by atoms with van der Waals surface area (Å²) in [6.45, 7) is 4.82. The number of nitrogens with zero attached hydrogens (tertiary/aromatic N) is 2. The third-order valence-corrected chi connectivity index (χ3v) is 3.80. The van der Waals surface area contributed by atoms with E-state index in [9.17, 15) is 5.11 Å². The van der Waals surface area contributed by atoms with Crippen molar-refractivity contribution in [2.24, 2.45) is 0 Å². The second-order valence-corrected chi connectivity index (χ2v) is 5.35. The van der Waals surface area contributed by atoms with E-state index in [0.717, 1.165) is 28.0 Å². The third kappa shape index (κ3) is 2.78. The fraction of sp³-hybridized carbons (Fsp3) is 0.188. The number of aromatic hydroxyl groups is 1. The van der Waals surface area contributed by atoms with Gasteiger partial charge in [-0.3, -0.25) is 0 Å². The van der Waals surface area contributed by atoms with Gasteiger partial charge in [0.2, 0.25) is 0 Å². The highest BCUT2D eigenvalue weighted by Crippen LogP contribution is 2.35. The molecule has 2 rings (SSSR count). The second kappa shape index (κ2) is 5.98. The van der Waals surface area contributed by atoms with E-state index in [1.807, 2.05) is 26.0 Å². The maximum absolute atomic E-state index is 9.70. The van der Waals surface area contributed by atoms with Crippen LogP contribution in [0.5, 0.6) is 5.75 Å². The Hall–Kier alpha value is -1.99. The number of phenolic OH excluding ortho intramolecular Hbond substituents is 1. The molecule has 0 unspecified atom stereocenters. The zero-order chi connectivity index (χ0) is 14.7. The number of anilines is 2. The van der Waals surface area contributed by atoms with Crippen LogP contribution in [0.4, 0.5) is 11.4 Å². The summed E-state index contributed by atoms with van der Waals surface area (Å²) >= 11 is 3.51. The first kappa shape index (κ1) is 14.4. The molecule has 0 amide bonds. The van der Waals surface area contributed by atoms with E-state index in [1.165, 1.54) is 0 Å². The Morgan fingerprint density at radius 1 is 1.20 bits per heavy atom. The van der Waals surface area contributed by atoms with Crippen molar-refractivity contribution < 1.29 is 5.11 Å². The summed E-state index contributed by atoms with van der Waals surface area (Å²) in [5.41, 5.74) is 3.63. The molecule has 0 saturated carbocycles. The standard InChI is InChI=1S/C16H15BrN2O/c1-3-19(16-9-13(20)6-4-11(16)2)15-7-5-12(10-18)8-14(15)17/h4-9,20H,3H2,1-2H3. The number of phenols is 1. The lowest BCUT2D eigenvalue weighted by atomic mass is 10.1. The molecule has 2 aromatic carbocycles. The van der Waals surface area contributed by atoms with Crippen LogP contribution in [-0.2, 0) is 0 Å². The molecule has 20 heavy (non-hydrogen) atoms. The molecule has 0 saturated heterocycles. The predicted molar refractivity (Wildman–Crippen MR) is 84.4 cm³/mol. The summed E-state index contributed by atoms with van der Waals surface area (Å²) in [6, 6.07) is 13.0. The molecule has 0 fully saturated rings. The number of aryl methyl sites for hydroxylation is 1. The Labute approximate surface area is 127 Å². The molecule has 4 heteroatoms. The second-order valence-electron chi connectivity index (χ2n) is 4.49. The Kier molecular flexibility index (Phi) is 4.31. The number of hydrogen-bond acceptors (Lipinski definition) is 3. The topological polar surface area (TPSA) is 47.3 Å². The fourth-order valence-corrected chi connectivity index (χ4v) is 2.75. The molecule has 1 N–H and O–H groups in total. The SMILES string of the molecule is CCN(c1cc(O)ccc1C)c1ccc(C#N)cc1Br. The maximum atomic E-state index is 9.70. The van der Waals surface area contributed by atoms with Crippen LogP contribution in [0.3, 0.4) is 0 Å². The van der Waals surface area contributed by atoms with Gasteiger partial charge in [-0.05, 0) is 59.6 Å². The molecular formula is C16H15BrN2O. The zero-order valence-corrected chi connectivity index (χ0v) is 13.0. The van der Waals surface area contributed by atoms with Gasteiger partial charge in [-0.15, -0.1) is 0 Å². The smallest absolute Gasteiger partial charge is 0.117 e. The first-order chi connectivity index (χ1) is 9.56. The van der Waals surface area contributed by atoms with Crippen molar-refractivity contribution in [1.29, 1.82) is 5.26 Å². The summed E-state index contributed by atoms with van der Waals surface area (Å²) in [7, 11) is 0. The number of halogens is 1. The third-order valence-electron chi connectivity index (χ3n) is 3.17. The summed E-state index contributed by atoms with van der Waals surface area (Å²) in [5.74, 6) is 0.244. The minimum Gasteiger partial charge on any atom is -0.508 e. The molecule has 3 nitrogen and oxygen atoms in total. The molecule has 0 aromatic heterocycles. The van der Waals surface area contributed by atoms with Crippen molar-refractivity contribution >= 4 is 27.3 Å². The lowest BCUT2D eigenvalue weighted by Gasteiger charge is -2.26. The number of benzene rings is 2. The molecule has 0 atom stereocenters. The molecule has 0 aliphatic carbocycles. The predicted octanol–water partition coefficient (Wildman–Crippen LogP) is 4.49. The molecule has 0 heterocycles. The minimum absolute atomic E-state index is 0.244. The Morgan fingerprint density at radius 2 is 1.95 bits per heavy atom. The van der Waals surface area contributed by atoms with Crippen molar-refractivity contribution in [2.45, 2.75) is 13.8 Å². The number of nitriles is 1. The van der Waals surface area contributed by atoms with E-state index < -0.39 is 0 Å². The van der Waals surface area contributed by atoms with E-state index in [2.05, 4.69) is 26.9 Å². The van der Waals surface area contributed by atoms with E-state index in [0.29, 0.717) is 5.56 Å². The van der Waals surface area contributed by atoms with Gasteiger partial charge in [-0.25, -0.2) is 0 Å². The van der Waals surface area contributed by atoms with Gasteiger partial charge in [-0.1, -0.05) is 6.07 Å². The average Bonchev–Trinajstić information content (AvgIpc) is 2.44. The van der Waals surface area contributed by atoms with Gasteiger partial charge < -0.3 is 10.0 Å². The highest BCUT2D eigenvalue weighted by atomic mass is 79.9. The maximum Gasteiger partial charge on any atom is 0.117 e. The Morgan fingerprint density at radius 3 is 2.55 bits per heavy atom. The highest BCUT2D eigenvalue weighted by Gasteiger charge is 2.14. The van der Waals surface area contributed by atoms with Crippen LogP contribution < -0.4 is 4.90 Å². The van der Waals surface area contributed by atoms with E-state index >= 15 is 0 Å². The first-order valence-electron chi connectivity index (χ1n) is 6.33. The van der Waals surface area contributed by atoms with E-state index in [4.69, 9.17) is 5.26 Å².